The lowest BCUT2D eigenvalue weighted by Crippen LogP contribution is -2.33. The van der Waals surface area contributed by atoms with Crippen molar-refractivity contribution >= 4 is 5.97 Å². The predicted octanol–water partition coefficient (Wildman–Crippen LogP) is 0.931. The number of azide groups is 1. The van der Waals surface area contributed by atoms with E-state index in [1.54, 1.807) is 13.8 Å². The number of esters is 1. The quantitative estimate of drug-likeness (QED) is 0.280. The molecule has 1 N–H and O–H groups in total. The van der Waals surface area contributed by atoms with Crippen molar-refractivity contribution in [1.82, 2.24) is 9.55 Å². The molecule has 24 heavy (non-hydrogen) atoms. The maximum Gasteiger partial charge on any atom is 0.330 e. The van der Waals surface area contributed by atoms with Gasteiger partial charge in [-0.1, -0.05) is 5.11 Å². The molecule has 1 saturated heterocycles. The zero-order chi connectivity index (χ0) is 17.7. The molecule has 1 aliphatic heterocycles. The number of aromatic nitrogens is 2. The van der Waals surface area contributed by atoms with Crippen LogP contribution < -0.4 is 11.2 Å². The zero-order valence-electron chi connectivity index (χ0n) is 13.2. The number of hydrogen-bond donors (Lipinski definition) is 1. The van der Waals surface area contributed by atoms with Gasteiger partial charge < -0.3 is 9.47 Å². The molecule has 1 aromatic rings. The normalized spacial score (nSPS) is 23.2. The summed E-state index contributed by atoms with van der Waals surface area (Å²) >= 11 is 0. The van der Waals surface area contributed by atoms with Crippen molar-refractivity contribution in [2.45, 2.75) is 38.6 Å². The molecule has 10 heteroatoms. The molecule has 1 fully saturated rings. The number of rotatable bonds is 5. The van der Waals surface area contributed by atoms with Crippen LogP contribution in [0.2, 0.25) is 0 Å². The molecule has 0 aromatic carbocycles. The summed E-state index contributed by atoms with van der Waals surface area (Å²) < 4.78 is 11.7. The summed E-state index contributed by atoms with van der Waals surface area (Å²) in [5, 5.41) is 3.64. The standard InChI is InChI=1S/C14H17N5O5/c1-3-23-12(20)5-4-10-9(17-18-15)6-11(24-10)19-7-8(2)13(21)16-14(19)22/h4-5,7,9-11H,3,6H2,1-2H3,(H,16,21,22)/t9-,10+,11+/m0/s1. The maximum atomic E-state index is 11.9. The Hall–Kier alpha value is -2.84. The lowest BCUT2D eigenvalue weighted by Gasteiger charge is -2.14. The van der Waals surface area contributed by atoms with Crippen LogP contribution in [0, 0.1) is 6.92 Å². The van der Waals surface area contributed by atoms with Gasteiger partial charge in [0.15, 0.2) is 0 Å². The van der Waals surface area contributed by atoms with Gasteiger partial charge in [0.2, 0.25) is 0 Å². The molecule has 1 aliphatic rings. The van der Waals surface area contributed by atoms with Crippen LogP contribution in [-0.4, -0.2) is 34.3 Å². The number of nitrogens with one attached hydrogen (secondary N) is 1. The predicted molar refractivity (Wildman–Crippen MR) is 83.3 cm³/mol. The van der Waals surface area contributed by atoms with Crippen molar-refractivity contribution in [3.63, 3.8) is 0 Å². The van der Waals surface area contributed by atoms with E-state index in [1.165, 1.54) is 22.9 Å². The molecule has 0 bridgehead atoms. The number of H-pyrrole nitrogens is 1. The second-order valence-electron chi connectivity index (χ2n) is 5.15. The van der Waals surface area contributed by atoms with E-state index < -0.39 is 35.6 Å². The smallest absolute Gasteiger partial charge is 0.330 e. The molecular weight excluding hydrogens is 318 g/mol. The van der Waals surface area contributed by atoms with E-state index in [0.29, 0.717) is 5.56 Å². The largest absolute Gasteiger partial charge is 0.463 e. The van der Waals surface area contributed by atoms with Crippen LogP contribution >= 0.6 is 0 Å². The fourth-order valence-electron chi connectivity index (χ4n) is 2.36. The van der Waals surface area contributed by atoms with Gasteiger partial charge in [-0.25, -0.2) is 9.59 Å². The van der Waals surface area contributed by atoms with Gasteiger partial charge in [0.1, 0.15) is 6.23 Å². The highest BCUT2D eigenvalue weighted by molar-refractivity contribution is 5.81. The van der Waals surface area contributed by atoms with Gasteiger partial charge in [0.25, 0.3) is 5.56 Å². The van der Waals surface area contributed by atoms with E-state index in [1.807, 2.05) is 0 Å². The van der Waals surface area contributed by atoms with Crippen molar-refractivity contribution < 1.29 is 14.3 Å². The Bertz CT molecular complexity index is 805. The number of aromatic amines is 1. The monoisotopic (exact) mass is 335 g/mol. The highest BCUT2D eigenvalue weighted by atomic mass is 16.5. The van der Waals surface area contributed by atoms with Crippen LogP contribution in [0.3, 0.4) is 0 Å². The average Bonchev–Trinajstić information content (AvgIpc) is 2.92. The van der Waals surface area contributed by atoms with Crippen molar-refractivity contribution in [1.29, 1.82) is 0 Å². The summed E-state index contributed by atoms with van der Waals surface area (Å²) in [7, 11) is 0. The highest BCUT2D eigenvalue weighted by Crippen LogP contribution is 2.30. The fraction of sp³-hybridized carbons (Fsp3) is 0.500. The Morgan fingerprint density at radius 3 is 3.04 bits per heavy atom. The summed E-state index contributed by atoms with van der Waals surface area (Å²) in [5.41, 5.74) is 7.93. The van der Waals surface area contributed by atoms with Crippen LogP contribution in [0.1, 0.15) is 25.1 Å². The highest BCUT2D eigenvalue weighted by Gasteiger charge is 2.34. The number of carbonyl (C=O) groups excluding carboxylic acids is 1. The topological polar surface area (TPSA) is 139 Å². The van der Waals surface area contributed by atoms with E-state index in [2.05, 4.69) is 15.0 Å². The summed E-state index contributed by atoms with van der Waals surface area (Å²) in [4.78, 5) is 39.7. The van der Waals surface area contributed by atoms with E-state index in [9.17, 15) is 14.4 Å². The third-order valence-electron chi connectivity index (χ3n) is 3.50. The number of carbonyl (C=O) groups is 1. The van der Waals surface area contributed by atoms with E-state index >= 15 is 0 Å². The van der Waals surface area contributed by atoms with Crippen LogP contribution in [0.4, 0.5) is 0 Å². The minimum absolute atomic E-state index is 0.229. The molecule has 3 atom stereocenters. The second-order valence-corrected chi connectivity index (χ2v) is 5.15. The molecule has 0 spiro atoms. The van der Waals surface area contributed by atoms with Gasteiger partial charge in [-0.15, -0.1) is 0 Å². The van der Waals surface area contributed by atoms with E-state index in [0.717, 1.165) is 0 Å². The van der Waals surface area contributed by atoms with Crippen LogP contribution in [0.25, 0.3) is 10.4 Å². The van der Waals surface area contributed by atoms with Crippen molar-refractivity contribution in [3.05, 3.63) is 55.2 Å². The molecule has 0 amide bonds. The summed E-state index contributed by atoms with van der Waals surface area (Å²) in [6.07, 6.45) is 2.83. The Morgan fingerprint density at radius 2 is 2.38 bits per heavy atom. The zero-order valence-corrected chi connectivity index (χ0v) is 13.2. The van der Waals surface area contributed by atoms with Gasteiger partial charge in [0, 0.05) is 29.2 Å². The lowest BCUT2D eigenvalue weighted by atomic mass is 10.1. The van der Waals surface area contributed by atoms with Crippen molar-refractivity contribution in [2.75, 3.05) is 6.61 Å². The van der Waals surface area contributed by atoms with Gasteiger partial charge in [0.05, 0.1) is 18.8 Å². The number of ether oxygens (including phenoxy) is 2. The number of aryl methyl sites for hydroxylation is 1. The molecule has 0 radical (unpaired) electrons. The molecule has 2 rings (SSSR count). The molecule has 128 valence electrons. The molecular formula is C14H17N5O5. The Balaban J connectivity index is 2.25. The second kappa shape index (κ2) is 7.62. The van der Waals surface area contributed by atoms with Gasteiger partial charge in [-0.05, 0) is 25.5 Å². The summed E-state index contributed by atoms with van der Waals surface area (Å²) in [6, 6.07) is -0.593. The molecule has 0 unspecified atom stereocenters. The molecule has 0 aliphatic carbocycles. The third-order valence-corrected chi connectivity index (χ3v) is 3.50. The number of hydrogen-bond acceptors (Lipinski definition) is 6. The lowest BCUT2D eigenvalue weighted by molar-refractivity contribution is -0.137. The first-order chi connectivity index (χ1) is 11.5. The average molecular weight is 335 g/mol. The molecule has 0 saturated carbocycles. The number of nitrogens with zero attached hydrogens (tertiary/aromatic N) is 4. The fourth-order valence-corrected chi connectivity index (χ4v) is 2.36. The Kier molecular flexibility index (Phi) is 5.56. The first-order valence-electron chi connectivity index (χ1n) is 7.33. The summed E-state index contributed by atoms with van der Waals surface area (Å²) in [6.45, 7) is 3.48. The summed E-state index contributed by atoms with van der Waals surface area (Å²) in [5.74, 6) is -0.540. The van der Waals surface area contributed by atoms with Crippen LogP contribution in [0.15, 0.2) is 33.1 Å². The van der Waals surface area contributed by atoms with Crippen molar-refractivity contribution in [3.8, 4) is 0 Å². The maximum absolute atomic E-state index is 11.9. The minimum Gasteiger partial charge on any atom is -0.463 e. The molecule has 2 heterocycles. The Labute approximate surface area is 136 Å². The Morgan fingerprint density at radius 1 is 1.62 bits per heavy atom. The minimum atomic E-state index is -0.722. The van der Waals surface area contributed by atoms with E-state index in [4.69, 9.17) is 15.0 Å². The van der Waals surface area contributed by atoms with Crippen LogP contribution in [-0.2, 0) is 14.3 Å². The molecule has 10 nitrogen and oxygen atoms in total. The van der Waals surface area contributed by atoms with Gasteiger partial charge >= 0.3 is 11.7 Å². The third kappa shape index (κ3) is 3.92. The van der Waals surface area contributed by atoms with Gasteiger partial charge in [-0.3, -0.25) is 14.3 Å². The molecule has 1 aromatic heterocycles. The van der Waals surface area contributed by atoms with Crippen LogP contribution in [0.5, 0.6) is 0 Å². The van der Waals surface area contributed by atoms with E-state index in [-0.39, 0.29) is 13.0 Å². The van der Waals surface area contributed by atoms with Gasteiger partial charge in [-0.2, -0.15) is 0 Å². The van der Waals surface area contributed by atoms with Crippen molar-refractivity contribution in [2.24, 2.45) is 5.11 Å². The first-order valence-corrected chi connectivity index (χ1v) is 7.33. The SMILES string of the molecule is CCOC(=O)C=C[C@H]1O[C@@H](n2cc(C)c(=O)[nH]c2=O)C[C@@H]1N=[N+]=[N-]. The first kappa shape index (κ1) is 17.5.